The van der Waals surface area contributed by atoms with Crippen molar-refractivity contribution in [2.45, 2.75) is 84.0 Å². The van der Waals surface area contributed by atoms with Gasteiger partial charge in [0.25, 0.3) is 0 Å². The van der Waals surface area contributed by atoms with Crippen LogP contribution in [0.5, 0.6) is 0 Å². The minimum atomic E-state index is -1.16. The van der Waals surface area contributed by atoms with Crippen molar-refractivity contribution in [3.8, 4) is 11.3 Å². The first-order chi connectivity index (χ1) is 21.3. The van der Waals surface area contributed by atoms with Gasteiger partial charge in [-0.25, -0.2) is 9.37 Å². The highest BCUT2D eigenvalue weighted by Crippen LogP contribution is 2.55. The molecule has 3 saturated carbocycles. The van der Waals surface area contributed by atoms with Crippen molar-refractivity contribution >= 4 is 39.4 Å². The van der Waals surface area contributed by atoms with Gasteiger partial charge >= 0.3 is 0 Å². The topological polar surface area (TPSA) is 106 Å². The second-order valence-corrected chi connectivity index (χ2v) is 13.4. The Bertz CT molecular complexity index is 1620. The predicted molar refractivity (Wildman–Crippen MR) is 171 cm³/mol. The molecule has 0 spiro atoms. The molecular weight excluding hydrogens is 603 g/mol. The summed E-state index contributed by atoms with van der Waals surface area (Å²) in [6, 6.07) is 8.66. The molecule has 3 aliphatic carbocycles. The van der Waals surface area contributed by atoms with Gasteiger partial charge in [-0.2, -0.15) is 0 Å². The third-order valence-corrected chi connectivity index (χ3v) is 10.6. The van der Waals surface area contributed by atoms with E-state index in [1.165, 1.54) is 17.4 Å². The van der Waals surface area contributed by atoms with Crippen LogP contribution >= 0.6 is 22.9 Å². The fourth-order valence-corrected chi connectivity index (χ4v) is 8.48. The van der Waals surface area contributed by atoms with Gasteiger partial charge in [-0.15, -0.1) is 11.3 Å². The summed E-state index contributed by atoms with van der Waals surface area (Å²) < 4.78 is 27.8. The zero-order chi connectivity index (χ0) is 31.8. The number of aromatic nitrogens is 2. The first kappa shape index (κ1) is 32.7. The van der Waals surface area contributed by atoms with Crippen LogP contribution < -0.4 is 0 Å². The summed E-state index contributed by atoms with van der Waals surface area (Å²) in [5, 5.41) is 24.5. The molecule has 44 heavy (non-hydrogen) atoms. The molecule has 2 aromatic carbocycles. The predicted octanol–water partition coefficient (Wildman–Crippen LogP) is 8.22. The molecule has 236 valence electrons. The Hall–Kier alpha value is -2.69. The maximum absolute atomic E-state index is 14.6. The van der Waals surface area contributed by atoms with E-state index in [2.05, 4.69) is 17.1 Å². The largest absolute Gasteiger partial charge is 0.400 e. The lowest BCUT2D eigenvalue weighted by molar-refractivity contribution is -0.109. The Morgan fingerprint density at radius 2 is 1.98 bits per heavy atom. The average Bonchev–Trinajstić information content (AvgIpc) is 3.56. The Kier molecular flexibility index (Phi) is 9.92. The number of hydrogen-bond donors (Lipinski definition) is 2. The van der Waals surface area contributed by atoms with Crippen molar-refractivity contribution < 1.29 is 28.7 Å². The van der Waals surface area contributed by atoms with Gasteiger partial charge in [0.1, 0.15) is 33.9 Å². The molecule has 4 aromatic rings. The Morgan fingerprint density at radius 1 is 1.23 bits per heavy atom. The maximum atomic E-state index is 14.6. The molecule has 5 atom stereocenters. The number of carbonyl (C=O) groups is 1. The van der Waals surface area contributed by atoms with Crippen LogP contribution in [0, 0.1) is 30.5 Å². The van der Waals surface area contributed by atoms with Crippen molar-refractivity contribution in [1.29, 1.82) is 0 Å². The van der Waals surface area contributed by atoms with Gasteiger partial charge in [-0.05, 0) is 80.5 Å². The highest BCUT2D eigenvalue weighted by Gasteiger charge is 2.54. The average molecular weight is 643 g/mol. The Morgan fingerprint density at radius 3 is 2.64 bits per heavy atom. The quantitative estimate of drug-likeness (QED) is 0.196. The summed E-state index contributed by atoms with van der Waals surface area (Å²) in [7, 11) is 1.00. The van der Waals surface area contributed by atoms with E-state index in [1.807, 2.05) is 39.0 Å². The Balaban J connectivity index is 0.000000924. The van der Waals surface area contributed by atoms with Crippen molar-refractivity contribution in [2.75, 3.05) is 7.11 Å². The number of rotatable bonds is 7. The Labute approximate surface area is 266 Å². The van der Waals surface area contributed by atoms with E-state index in [-0.39, 0.29) is 29.0 Å². The number of fused-ring (bicyclic) bond motifs is 3. The standard InChI is InChI=1S/C31H30ClFN2O4S.C2H6.CH4O/c1-15-4-3-5-22(32)25(15)26-21(29(39-35-26)18-6-7-18)14-38-28-19-8-16(2)20(28)12-31(37,11-19)30-34-27-23(33)9-17(13-36)10-24(27)40-30;2*1-2/h3-5,9-10,13,16,18-20,28,37H,6-8,11-12,14H2,1-2H3;1-2H3;2H,1H3/t16-,19?,20?,28?,31?;;/m0../s1. The molecule has 10 heteroatoms. The second kappa shape index (κ2) is 13.3. The lowest BCUT2D eigenvalue weighted by Crippen LogP contribution is -2.42. The zero-order valence-corrected chi connectivity index (χ0v) is 27.3. The van der Waals surface area contributed by atoms with Crippen LogP contribution in [0.15, 0.2) is 34.9 Å². The van der Waals surface area contributed by atoms with Gasteiger partial charge in [0, 0.05) is 29.7 Å². The number of aliphatic hydroxyl groups excluding tert-OH is 1. The molecule has 3 fully saturated rings. The number of ether oxygens (including phenoxy) is 1. The lowest BCUT2D eigenvalue weighted by Gasteiger charge is -2.40. The van der Waals surface area contributed by atoms with Crippen LogP contribution in [0.2, 0.25) is 5.02 Å². The van der Waals surface area contributed by atoms with Crippen molar-refractivity contribution in [3.05, 3.63) is 68.6 Å². The summed E-state index contributed by atoms with van der Waals surface area (Å²) in [6.07, 6.45) is 4.71. The molecule has 0 radical (unpaired) electrons. The van der Waals surface area contributed by atoms with Crippen molar-refractivity contribution in [2.24, 2.45) is 17.8 Å². The summed E-state index contributed by atoms with van der Waals surface area (Å²) >= 11 is 7.89. The van der Waals surface area contributed by atoms with Crippen LogP contribution in [-0.2, 0) is 16.9 Å². The van der Waals surface area contributed by atoms with E-state index in [0.29, 0.717) is 52.3 Å². The van der Waals surface area contributed by atoms with Gasteiger partial charge in [-0.1, -0.05) is 49.7 Å². The van der Waals surface area contributed by atoms with Gasteiger partial charge in [-0.3, -0.25) is 4.79 Å². The number of aryl methyl sites for hydroxylation is 1. The van der Waals surface area contributed by atoms with E-state index in [1.54, 1.807) is 6.07 Å². The number of carbonyl (C=O) groups excluding carboxylic acids is 1. The zero-order valence-electron chi connectivity index (χ0n) is 25.8. The molecule has 7 nitrogen and oxygen atoms in total. The fourth-order valence-electron chi connectivity index (χ4n) is 7.03. The molecule has 0 aliphatic heterocycles. The summed E-state index contributed by atoms with van der Waals surface area (Å²) in [5.41, 5.74) is 2.96. The van der Waals surface area contributed by atoms with Crippen LogP contribution in [0.4, 0.5) is 4.39 Å². The molecule has 2 heterocycles. The van der Waals surface area contributed by atoms with E-state index in [9.17, 15) is 14.3 Å². The number of benzene rings is 2. The van der Waals surface area contributed by atoms with Crippen LogP contribution in [0.1, 0.15) is 91.0 Å². The highest BCUT2D eigenvalue weighted by molar-refractivity contribution is 7.18. The summed E-state index contributed by atoms with van der Waals surface area (Å²) in [4.78, 5) is 15.7. The fraction of sp³-hybridized carbons (Fsp3) is 0.500. The number of thiazole rings is 1. The van der Waals surface area contributed by atoms with Gasteiger partial charge in [0.2, 0.25) is 0 Å². The molecule has 2 aromatic heterocycles. The molecule has 0 saturated heterocycles. The third-order valence-electron chi connectivity index (χ3n) is 9.12. The van der Waals surface area contributed by atoms with E-state index >= 15 is 0 Å². The van der Waals surface area contributed by atoms with Gasteiger partial charge in [0.05, 0.1) is 22.4 Å². The van der Waals surface area contributed by atoms with Gasteiger partial charge < -0.3 is 19.5 Å². The van der Waals surface area contributed by atoms with Crippen LogP contribution in [-0.4, -0.2) is 39.9 Å². The molecule has 3 aliphatic rings. The summed E-state index contributed by atoms with van der Waals surface area (Å²) in [6.45, 7) is 8.61. The number of halogens is 2. The molecule has 0 amide bonds. The highest BCUT2D eigenvalue weighted by atomic mass is 35.5. The molecule has 2 bridgehead atoms. The number of nitrogens with zero attached hydrogens (tertiary/aromatic N) is 2. The first-order valence-corrected chi connectivity index (χ1v) is 16.5. The third kappa shape index (κ3) is 5.97. The minimum absolute atomic E-state index is 0.0230. The first-order valence-electron chi connectivity index (χ1n) is 15.3. The second-order valence-electron chi connectivity index (χ2n) is 11.9. The number of hydrogen-bond acceptors (Lipinski definition) is 8. The van der Waals surface area contributed by atoms with E-state index < -0.39 is 11.4 Å². The SMILES string of the molecule is CC.CO.Cc1cccc(Cl)c1-c1noc(C2CC2)c1COC1C2C[C@H](C)C1CC(O)(c1nc3c(F)cc(C=O)cc3s1)C2. The molecule has 2 N–H and O–H groups in total. The summed E-state index contributed by atoms with van der Waals surface area (Å²) in [5.74, 6) is 1.36. The van der Waals surface area contributed by atoms with Crippen molar-refractivity contribution in [1.82, 2.24) is 10.1 Å². The smallest absolute Gasteiger partial charge is 0.151 e. The van der Waals surface area contributed by atoms with Crippen LogP contribution in [0.3, 0.4) is 0 Å². The lowest BCUT2D eigenvalue weighted by atomic mass is 9.75. The molecule has 7 rings (SSSR count). The van der Waals surface area contributed by atoms with Gasteiger partial charge in [0.15, 0.2) is 5.82 Å². The van der Waals surface area contributed by atoms with Crippen molar-refractivity contribution in [3.63, 3.8) is 0 Å². The normalized spacial score (nSPS) is 25.7. The minimum Gasteiger partial charge on any atom is -0.400 e. The monoisotopic (exact) mass is 642 g/mol. The number of aliphatic hydroxyl groups is 2. The molecule has 4 unspecified atom stereocenters. The van der Waals surface area contributed by atoms with E-state index in [0.717, 1.165) is 54.5 Å². The number of aldehydes is 1. The molecular formula is C34H40ClFN2O5S. The van der Waals surface area contributed by atoms with E-state index in [4.69, 9.17) is 26.0 Å². The van der Waals surface area contributed by atoms with Crippen LogP contribution in [0.25, 0.3) is 21.5 Å². The maximum Gasteiger partial charge on any atom is 0.151 e.